The fourth-order valence-electron chi connectivity index (χ4n) is 2.50. The monoisotopic (exact) mass is 444 g/mol. The first-order chi connectivity index (χ1) is 14.4. The molecule has 0 rings (SSSR count). The summed E-state index contributed by atoms with van der Waals surface area (Å²) in [5.74, 6) is -11.5. The summed E-state index contributed by atoms with van der Waals surface area (Å²) in [7, 11) is 0. The number of ketones is 1. The summed E-state index contributed by atoms with van der Waals surface area (Å²) in [6.45, 7) is 5.65. The standard InChI is InChI=1S/C20H28O11/c1-5-8-13(22)29-16(25)11-20(28,19(27)31-15(24)10-7-3)17(12(4)21)18(26)30-14(23)9-6-2/h17,28H,5-11H2,1-4H3. The molecule has 174 valence electrons. The maximum Gasteiger partial charge on any atom is 0.347 e. The summed E-state index contributed by atoms with van der Waals surface area (Å²) >= 11 is 0. The molecule has 0 aromatic rings. The molecule has 11 nitrogen and oxygen atoms in total. The zero-order chi connectivity index (χ0) is 24.2. The van der Waals surface area contributed by atoms with Crippen LogP contribution in [0.4, 0.5) is 0 Å². The number of aliphatic hydroxyl groups is 1. The van der Waals surface area contributed by atoms with Crippen molar-refractivity contribution in [2.45, 2.75) is 78.2 Å². The minimum atomic E-state index is -3.25. The molecule has 0 radical (unpaired) electrons. The fourth-order valence-corrected chi connectivity index (χ4v) is 2.50. The summed E-state index contributed by atoms with van der Waals surface area (Å²) in [6, 6.07) is 0. The summed E-state index contributed by atoms with van der Waals surface area (Å²) in [5, 5.41) is 10.9. The molecular formula is C20H28O11. The number of hydrogen-bond acceptors (Lipinski definition) is 11. The van der Waals surface area contributed by atoms with Gasteiger partial charge in [-0.25, -0.2) is 4.79 Å². The second-order valence-electron chi connectivity index (χ2n) is 6.80. The zero-order valence-corrected chi connectivity index (χ0v) is 18.1. The van der Waals surface area contributed by atoms with Crippen LogP contribution in [-0.2, 0) is 47.8 Å². The van der Waals surface area contributed by atoms with Crippen molar-refractivity contribution < 1.29 is 52.9 Å². The van der Waals surface area contributed by atoms with Crippen LogP contribution in [0.5, 0.6) is 0 Å². The van der Waals surface area contributed by atoms with E-state index in [2.05, 4.69) is 14.2 Å². The maximum absolute atomic E-state index is 12.5. The Labute approximate surface area is 179 Å². The van der Waals surface area contributed by atoms with Crippen LogP contribution in [0.25, 0.3) is 0 Å². The number of carbonyl (C=O) groups is 7. The van der Waals surface area contributed by atoms with Crippen LogP contribution in [0, 0.1) is 5.92 Å². The van der Waals surface area contributed by atoms with Gasteiger partial charge in [0.25, 0.3) is 0 Å². The van der Waals surface area contributed by atoms with Gasteiger partial charge in [0.05, 0.1) is 6.42 Å². The van der Waals surface area contributed by atoms with Crippen LogP contribution >= 0.6 is 0 Å². The van der Waals surface area contributed by atoms with E-state index in [1.54, 1.807) is 20.8 Å². The van der Waals surface area contributed by atoms with Gasteiger partial charge in [-0.05, 0) is 26.2 Å². The normalized spacial score (nSPS) is 13.3. The molecule has 0 bridgehead atoms. The molecule has 2 atom stereocenters. The molecule has 0 amide bonds. The smallest absolute Gasteiger partial charge is 0.347 e. The lowest BCUT2D eigenvalue weighted by Gasteiger charge is -2.29. The first kappa shape index (κ1) is 28.1. The van der Waals surface area contributed by atoms with E-state index < -0.39 is 59.5 Å². The van der Waals surface area contributed by atoms with Crippen LogP contribution < -0.4 is 0 Å². The molecule has 0 aromatic carbocycles. The lowest BCUT2D eigenvalue weighted by atomic mass is 9.81. The Morgan fingerprint density at radius 2 is 1.13 bits per heavy atom. The summed E-state index contributed by atoms with van der Waals surface area (Å²) in [4.78, 5) is 84.0. The van der Waals surface area contributed by atoms with E-state index >= 15 is 0 Å². The lowest BCUT2D eigenvalue weighted by molar-refractivity contribution is -0.192. The number of carbonyl (C=O) groups excluding carboxylic acids is 7. The van der Waals surface area contributed by atoms with Gasteiger partial charge >= 0.3 is 35.8 Å². The van der Waals surface area contributed by atoms with Crippen LogP contribution in [-0.4, -0.2) is 52.3 Å². The molecule has 0 spiro atoms. The van der Waals surface area contributed by atoms with Crippen molar-refractivity contribution in [3.8, 4) is 0 Å². The average Bonchev–Trinajstić information content (AvgIpc) is 2.61. The second kappa shape index (κ2) is 13.4. The van der Waals surface area contributed by atoms with E-state index in [0.29, 0.717) is 12.8 Å². The quantitative estimate of drug-likeness (QED) is 0.258. The Balaban J connectivity index is 5.99. The van der Waals surface area contributed by atoms with Crippen LogP contribution in [0.3, 0.4) is 0 Å². The first-order valence-electron chi connectivity index (χ1n) is 9.88. The largest absolute Gasteiger partial charge is 0.393 e. The number of Topliss-reactive ketones (excluding diaryl/α,β-unsaturated/α-hetero) is 1. The van der Waals surface area contributed by atoms with Gasteiger partial charge in [-0.15, -0.1) is 0 Å². The van der Waals surface area contributed by atoms with E-state index in [-0.39, 0.29) is 25.7 Å². The third-order valence-corrected chi connectivity index (χ3v) is 3.90. The molecule has 0 aliphatic carbocycles. The third kappa shape index (κ3) is 9.16. The highest BCUT2D eigenvalue weighted by molar-refractivity contribution is 6.08. The van der Waals surface area contributed by atoms with Gasteiger partial charge in [0.15, 0.2) is 11.5 Å². The molecule has 0 aliphatic heterocycles. The SMILES string of the molecule is CCCC(=O)OC(=O)CC(O)(C(=O)OC(=O)CCC)C(C(C)=O)C(=O)OC(=O)CCC. The van der Waals surface area contributed by atoms with Crippen molar-refractivity contribution in [3.63, 3.8) is 0 Å². The zero-order valence-electron chi connectivity index (χ0n) is 18.1. The van der Waals surface area contributed by atoms with E-state index in [1.807, 2.05) is 0 Å². The number of rotatable bonds is 12. The molecule has 2 unspecified atom stereocenters. The van der Waals surface area contributed by atoms with Crippen molar-refractivity contribution in [2.75, 3.05) is 0 Å². The van der Waals surface area contributed by atoms with Gasteiger partial charge in [0.1, 0.15) is 5.78 Å². The molecule has 0 aromatic heterocycles. The Bertz CT molecular complexity index is 725. The van der Waals surface area contributed by atoms with Crippen molar-refractivity contribution in [1.29, 1.82) is 0 Å². The molecule has 0 aliphatic rings. The molecule has 1 N–H and O–H groups in total. The van der Waals surface area contributed by atoms with Gasteiger partial charge in [-0.2, -0.15) is 0 Å². The first-order valence-corrected chi connectivity index (χ1v) is 9.88. The van der Waals surface area contributed by atoms with Crippen molar-refractivity contribution in [2.24, 2.45) is 5.92 Å². The molecule has 11 heteroatoms. The van der Waals surface area contributed by atoms with E-state index in [0.717, 1.165) is 6.92 Å². The third-order valence-electron chi connectivity index (χ3n) is 3.90. The average molecular weight is 444 g/mol. The topological polar surface area (TPSA) is 167 Å². The Morgan fingerprint density at radius 3 is 1.55 bits per heavy atom. The van der Waals surface area contributed by atoms with Crippen LogP contribution in [0.15, 0.2) is 0 Å². The van der Waals surface area contributed by atoms with Gasteiger partial charge in [0, 0.05) is 19.3 Å². The fraction of sp³-hybridized carbons (Fsp3) is 0.650. The molecule has 0 fully saturated rings. The summed E-state index contributed by atoms with van der Waals surface area (Å²) in [5.41, 5.74) is -3.25. The lowest BCUT2D eigenvalue weighted by Crippen LogP contribution is -2.55. The highest BCUT2D eigenvalue weighted by Gasteiger charge is 2.55. The predicted molar refractivity (Wildman–Crippen MR) is 102 cm³/mol. The molecule has 0 saturated heterocycles. The summed E-state index contributed by atoms with van der Waals surface area (Å²) < 4.78 is 13.4. The molecule has 0 heterocycles. The molecule has 0 saturated carbocycles. The highest BCUT2D eigenvalue weighted by Crippen LogP contribution is 2.28. The van der Waals surface area contributed by atoms with Crippen molar-refractivity contribution in [1.82, 2.24) is 0 Å². The Kier molecular flexibility index (Phi) is 12.1. The Morgan fingerprint density at radius 1 is 0.710 bits per heavy atom. The van der Waals surface area contributed by atoms with Gasteiger partial charge in [-0.3, -0.25) is 28.8 Å². The van der Waals surface area contributed by atoms with E-state index in [4.69, 9.17) is 0 Å². The predicted octanol–water partition coefficient (Wildman–Crippen LogP) is 0.922. The second-order valence-corrected chi connectivity index (χ2v) is 6.80. The highest BCUT2D eigenvalue weighted by atomic mass is 16.6. The van der Waals surface area contributed by atoms with E-state index in [1.165, 1.54) is 0 Å². The van der Waals surface area contributed by atoms with Crippen molar-refractivity contribution in [3.05, 3.63) is 0 Å². The minimum Gasteiger partial charge on any atom is -0.393 e. The molecular weight excluding hydrogens is 416 g/mol. The number of hydrogen-bond donors (Lipinski definition) is 1. The van der Waals surface area contributed by atoms with Crippen LogP contribution in [0.2, 0.25) is 0 Å². The van der Waals surface area contributed by atoms with Gasteiger partial charge in [0.2, 0.25) is 0 Å². The minimum absolute atomic E-state index is 0.146. The van der Waals surface area contributed by atoms with E-state index in [9.17, 15) is 38.7 Å². The Hall–Kier alpha value is -2.95. The van der Waals surface area contributed by atoms with Gasteiger partial charge in [-0.1, -0.05) is 20.8 Å². The van der Waals surface area contributed by atoms with Crippen LogP contribution in [0.1, 0.15) is 72.6 Å². The maximum atomic E-state index is 12.5. The number of ether oxygens (including phenoxy) is 3. The summed E-state index contributed by atoms with van der Waals surface area (Å²) in [6.07, 6.45) is -1.02. The van der Waals surface area contributed by atoms with Crippen molar-refractivity contribution >= 4 is 41.6 Å². The number of esters is 6. The molecule has 31 heavy (non-hydrogen) atoms. The van der Waals surface area contributed by atoms with Gasteiger partial charge < -0.3 is 19.3 Å².